The Hall–Kier alpha value is -0.437. The summed E-state index contributed by atoms with van der Waals surface area (Å²) in [6.45, 7) is 0. The number of hydrogen-bond donors (Lipinski definition) is 0. The third kappa shape index (κ3) is 4.74. The zero-order valence-electron chi connectivity index (χ0n) is 8.03. The van der Waals surface area contributed by atoms with Gasteiger partial charge in [0.15, 0.2) is 0 Å². The minimum absolute atomic E-state index is 0. The molecule has 0 aliphatic carbocycles. The van der Waals surface area contributed by atoms with Crippen molar-refractivity contribution in [1.82, 2.24) is 0 Å². The van der Waals surface area contributed by atoms with Crippen molar-refractivity contribution < 1.29 is 24.8 Å². The molecule has 2 aromatic rings. The van der Waals surface area contributed by atoms with Crippen LogP contribution in [0.3, 0.4) is 0 Å². The first-order chi connectivity index (χ1) is 6.45. The molecule has 0 unspecified atom stereocenters. The molecule has 0 saturated carbocycles. The van der Waals surface area contributed by atoms with Crippen molar-refractivity contribution in [1.29, 1.82) is 0 Å². The van der Waals surface area contributed by atoms with Crippen LogP contribution in [0, 0.1) is 0 Å². The van der Waals surface area contributed by atoms with E-state index < -0.39 is 0 Å². The van der Waals surface area contributed by atoms with Crippen LogP contribution >= 0.6 is 0 Å². The molecule has 0 aromatic heterocycles. The quantitative estimate of drug-likeness (QED) is 0.489. The van der Waals surface area contributed by atoms with Crippen molar-refractivity contribution in [3.05, 3.63) is 60.7 Å². The van der Waals surface area contributed by atoms with E-state index in [1.54, 1.807) is 0 Å². The SMILES string of the molecule is [Cl-].[Cl-].c1cc[c]([Ge+2][c]2ccccc2)cc1. The molecule has 0 aliphatic heterocycles. The molecule has 0 N–H and O–H groups in total. The summed E-state index contributed by atoms with van der Waals surface area (Å²) in [6.07, 6.45) is 0. The molecular formula is C12H10Cl2Ge. The van der Waals surface area contributed by atoms with Crippen LogP contribution in [0.25, 0.3) is 0 Å². The first kappa shape index (κ1) is 14.6. The Balaban J connectivity index is 0.000000980. The Morgan fingerprint density at radius 1 is 0.533 bits per heavy atom. The second-order valence-corrected chi connectivity index (χ2v) is 5.80. The Morgan fingerprint density at radius 3 is 1.20 bits per heavy atom. The topological polar surface area (TPSA) is 0 Å². The average molecular weight is 298 g/mol. The zero-order valence-corrected chi connectivity index (χ0v) is 11.6. The molecule has 0 spiro atoms. The fourth-order valence-corrected chi connectivity index (χ4v) is 3.42. The summed E-state index contributed by atoms with van der Waals surface area (Å²) < 4.78 is 2.99. The number of halogens is 2. The van der Waals surface area contributed by atoms with Gasteiger partial charge in [-0.15, -0.1) is 0 Å². The summed E-state index contributed by atoms with van der Waals surface area (Å²) >= 11 is -0.108. The van der Waals surface area contributed by atoms with Gasteiger partial charge in [0.1, 0.15) is 0 Å². The molecule has 0 heterocycles. The van der Waals surface area contributed by atoms with Gasteiger partial charge in [0.05, 0.1) is 0 Å². The standard InChI is InChI=1S/C12H10Ge.2ClH/c1-3-7-11(8-4-1)13-12-9-5-2-6-10-12;;/h1-10H;2*1H/q+2;;/p-2. The van der Waals surface area contributed by atoms with Crippen molar-refractivity contribution in [2.45, 2.75) is 0 Å². The molecule has 2 aromatic carbocycles. The molecule has 0 amide bonds. The van der Waals surface area contributed by atoms with Gasteiger partial charge < -0.3 is 24.8 Å². The Kier molecular flexibility index (Phi) is 7.58. The molecule has 76 valence electrons. The van der Waals surface area contributed by atoms with E-state index in [1.165, 1.54) is 8.79 Å². The van der Waals surface area contributed by atoms with Crippen LogP contribution in [0.5, 0.6) is 0 Å². The van der Waals surface area contributed by atoms with E-state index >= 15 is 0 Å². The fourth-order valence-electron chi connectivity index (χ4n) is 1.21. The molecule has 0 saturated heterocycles. The predicted octanol–water partition coefficient (Wildman–Crippen LogP) is -4.65. The van der Waals surface area contributed by atoms with E-state index in [-0.39, 0.29) is 40.2 Å². The van der Waals surface area contributed by atoms with Gasteiger partial charge in [0.2, 0.25) is 0 Å². The van der Waals surface area contributed by atoms with Crippen molar-refractivity contribution in [2.24, 2.45) is 0 Å². The molecule has 0 aliphatic rings. The van der Waals surface area contributed by atoms with E-state index in [0.717, 1.165) is 0 Å². The minimum atomic E-state index is -0.108. The second-order valence-electron chi connectivity index (χ2n) is 2.86. The van der Waals surface area contributed by atoms with E-state index in [1.807, 2.05) is 0 Å². The molecule has 0 nitrogen and oxygen atoms in total. The molecule has 0 atom stereocenters. The van der Waals surface area contributed by atoms with Crippen LogP contribution < -0.4 is 33.6 Å². The van der Waals surface area contributed by atoms with Crippen molar-refractivity contribution in [3.63, 3.8) is 0 Å². The molecule has 0 fully saturated rings. The molecule has 2 rings (SSSR count). The molecule has 3 heteroatoms. The summed E-state index contributed by atoms with van der Waals surface area (Å²) in [7, 11) is 0. The average Bonchev–Trinajstić information content (AvgIpc) is 2.21. The molecule has 0 radical (unpaired) electrons. The van der Waals surface area contributed by atoms with Crippen molar-refractivity contribution >= 4 is 24.2 Å². The van der Waals surface area contributed by atoms with E-state index in [9.17, 15) is 0 Å². The summed E-state index contributed by atoms with van der Waals surface area (Å²) in [5, 5.41) is 0. The first-order valence-electron chi connectivity index (χ1n) is 4.32. The van der Waals surface area contributed by atoms with Crippen molar-refractivity contribution in [2.75, 3.05) is 0 Å². The molecule has 0 bridgehead atoms. The van der Waals surface area contributed by atoms with E-state index in [0.29, 0.717) is 0 Å². The van der Waals surface area contributed by atoms with Crippen LogP contribution in [-0.4, -0.2) is 15.4 Å². The Morgan fingerprint density at radius 2 is 0.867 bits per heavy atom. The Labute approximate surface area is 109 Å². The van der Waals surface area contributed by atoms with Crippen LogP contribution in [0.15, 0.2) is 60.7 Å². The van der Waals surface area contributed by atoms with Crippen LogP contribution in [0.2, 0.25) is 0 Å². The van der Waals surface area contributed by atoms with Crippen LogP contribution in [0.1, 0.15) is 0 Å². The molecule has 15 heavy (non-hydrogen) atoms. The maximum atomic E-state index is 2.22. The summed E-state index contributed by atoms with van der Waals surface area (Å²) in [5.74, 6) is 0. The monoisotopic (exact) mass is 298 g/mol. The van der Waals surface area contributed by atoms with Gasteiger partial charge in [-0.2, -0.15) is 0 Å². The van der Waals surface area contributed by atoms with Crippen LogP contribution in [-0.2, 0) is 0 Å². The van der Waals surface area contributed by atoms with Gasteiger partial charge in [0.25, 0.3) is 0 Å². The first-order valence-corrected chi connectivity index (χ1v) is 6.42. The van der Waals surface area contributed by atoms with Gasteiger partial charge in [-0.3, -0.25) is 0 Å². The van der Waals surface area contributed by atoms with Crippen LogP contribution in [0.4, 0.5) is 0 Å². The van der Waals surface area contributed by atoms with Gasteiger partial charge in [-0.1, -0.05) is 0 Å². The summed E-state index contributed by atoms with van der Waals surface area (Å²) in [4.78, 5) is 0. The number of rotatable bonds is 2. The van der Waals surface area contributed by atoms with Gasteiger partial charge in [-0.05, 0) is 0 Å². The summed E-state index contributed by atoms with van der Waals surface area (Å²) in [6, 6.07) is 21.5. The number of hydrogen-bond acceptors (Lipinski definition) is 0. The summed E-state index contributed by atoms with van der Waals surface area (Å²) in [5.41, 5.74) is 0. The maximum absolute atomic E-state index is 2.22. The van der Waals surface area contributed by atoms with Gasteiger partial charge in [0, 0.05) is 0 Å². The normalized spacial score (nSPS) is 8.00. The van der Waals surface area contributed by atoms with E-state index in [4.69, 9.17) is 0 Å². The third-order valence-electron chi connectivity index (χ3n) is 1.84. The molecular weight excluding hydrogens is 288 g/mol. The van der Waals surface area contributed by atoms with E-state index in [2.05, 4.69) is 60.7 Å². The third-order valence-corrected chi connectivity index (χ3v) is 4.45. The predicted molar refractivity (Wildman–Crippen MR) is 57.9 cm³/mol. The Bertz CT molecular complexity index is 324. The van der Waals surface area contributed by atoms with Crippen molar-refractivity contribution in [3.8, 4) is 0 Å². The second kappa shape index (κ2) is 7.80. The van der Waals surface area contributed by atoms with Gasteiger partial charge >= 0.3 is 84.9 Å². The fraction of sp³-hybridized carbons (Fsp3) is 0. The van der Waals surface area contributed by atoms with Gasteiger partial charge in [-0.25, -0.2) is 0 Å². The number of benzene rings is 2. The zero-order chi connectivity index (χ0) is 8.93.